The molecule has 0 aliphatic rings. The fraction of sp³-hybridized carbons (Fsp3) is 0.552. The molecular weight excluding hydrogens is 610 g/mol. The number of primary amides is 1. The van der Waals surface area contributed by atoms with Gasteiger partial charge >= 0.3 is 11.3 Å². The number of nitrogens with two attached hydrogens (primary N) is 1. The minimum atomic E-state index is -3.29. The van der Waals surface area contributed by atoms with Gasteiger partial charge in [-0.15, -0.1) is 0 Å². The van der Waals surface area contributed by atoms with Gasteiger partial charge in [-0.2, -0.15) is 10.9 Å². The summed E-state index contributed by atoms with van der Waals surface area (Å²) in [5.74, 6) is -1.74. The lowest BCUT2D eigenvalue weighted by molar-refractivity contribution is -0.132. The van der Waals surface area contributed by atoms with Crippen molar-refractivity contribution in [3.8, 4) is 0 Å². The number of ether oxygens (including phenoxy) is 1. The maximum Gasteiger partial charge on any atom is 0.346 e. The van der Waals surface area contributed by atoms with E-state index in [4.69, 9.17) is 10.5 Å². The van der Waals surface area contributed by atoms with Gasteiger partial charge in [-0.25, -0.2) is 18.0 Å². The SMILES string of the molecule is C=CS(=O)(=O)CCCCCC(=O)NC(C(=O)N[C@@H](CCCNC(N)=O)C(=O)Nc1ccc(COC(=O)[SH](C)C)cc1)C(C)C. The van der Waals surface area contributed by atoms with Gasteiger partial charge in [-0.1, -0.05) is 39.0 Å². The van der Waals surface area contributed by atoms with Crippen LogP contribution in [-0.4, -0.2) is 74.4 Å². The number of anilines is 1. The zero-order chi connectivity index (χ0) is 33.3. The topological polar surface area (TPSA) is 203 Å². The van der Waals surface area contributed by atoms with E-state index in [0.717, 1.165) is 11.0 Å². The summed E-state index contributed by atoms with van der Waals surface area (Å²) in [4.78, 5) is 61.8. The predicted octanol–water partition coefficient (Wildman–Crippen LogP) is 2.72. The van der Waals surface area contributed by atoms with Crippen LogP contribution in [0.2, 0.25) is 0 Å². The van der Waals surface area contributed by atoms with Crippen molar-refractivity contribution in [3.05, 3.63) is 41.8 Å². The van der Waals surface area contributed by atoms with Crippen LogP contribution in [0.15, 0.2) is 36.3 Å². The molecule has 1 aromatic rings. The van der Waals surface area contributed by atoms with Crippen LogP contribution in [0, 0.1) is 5.92 Å². The first kappa shape index (κ1) is 38.4. The summed E-state index contributed by atoms with van der Waals surface area (Å²) in [6.45, 7) is 7.10. The Kier molecular flexibility index (Phi) is 17.2. The van der Waals surface area contributed by atoms with Gasteiger partial charge in [0, 0.05) is 24.1 Å². The molecule has 0 heterocycles. The van der Waals surface area contributed by atoms with E-state index < -0.39 is 50.7 Å². The van der Waals surface area contributed by atoms with Gasteiger partial charge < -0.3 is 31.7 Å². The first-order valence-electron chi connectivity index (χ1n) is 14.4. The Bertz CT molecular complexity index is 1240. The number of carbonyl (C=O) groups excluding carboxylic acids is 5. The highest BCUT2D eigenvalue weighted by atomic mass is 32.2. The van der Waals surface area contributed by atoms with Gasteiger partial charge in [-0.05, 0) is 61.8 Å². The molecule has 1 unspecified atom stereocenters. The molecule has 6 N–H and O–H groups in total. The van der Waals surface area contributed by atoms with E-state index in [0.29, 0.717) is 31.4 Å². The highest BCUT2D eigenvalue weighted by Gasteiger charge is 2.28. The highest BCUT2D eigenvalue weighted by Crippen LogP contribution is 2.19. The molecule has 1 rings (SSSR count). The van der Waals surface area contributed by atoms with E-state index in [9.17, 15) is 32.4 Å². The summed E-state index contributed by atoms with van der Waals surface area (Å²) in [5, 5.41) is 11.3. The molecule has 0 bridgehead atoms. The van der Waals surface area contributed by atoms with Crippen molar-refractivity contribution in [2.24, 2.45) is 11.7 Å². The molecule has 0 saturated carbocycles. The zero-order valence-corrected chi connectivity index (χ0v) is 27.6. The first-order chi connectivity index (χ1) is 20.6. The summed E-state index contributed by atoms with van der Waals surface area (Å²) >= 11 is 0. The fourth-order valence-electron chi connectivity index (χ4n) is 3.87. The predicted molar refractivity (Wildman–Crippen MR) is 174 cm³/mol. The standard InChI is InChI=1S/C29H47N5O8S2/c1-6-44(40,41)18-9-7-8-12-24(35)34-25(20(2)3)27(37)33-23(11-10-17-31-28(30)38)26(36)32-22-15-13-21(14-16-22)19-42-29(39)43(4)5/h6,13-16,20,23,25,43H,1,7-12,17-19H2,2-5H3,(H,32,36)(H,33,37)(H,34,35)(H3,30,31,38)/t23-,25?/m0/s1. The Morgan fingerprint density at radius 3 is 2.20 bits per heavy atom. The van der Waals surface area contributed by atoms with Crippen LogP contribution in [0.3, 0.4) is 0 Å². The van der Waals surface area contributed by atoms with Crippen LogP contribution in [0.25, 0.3) is 0 Å². The Labute approximate surface area is 262 Å². The number of benzene rings is 1. The number of thiol groups is 1. The summed E-state index contributed by atoms with van der Waals surface area (Å²) in [7, 11) is -4.14. The summed E-state index contributed by atoms with van der Waals surface area (Å²) < 4.78 is 28.3. The second kappa shape index (κ2) is 19.6. The summed E-state index contributed by atoms with van der Waals surface area (Å²) in [6, 6.07) is 4.11. The van der Waals surface area contributed by atoms with Crippen LogP contribution in [0.4, 0.5) is 15.3 Å². The quantitative estimate of drug-likeness (QED) is 0.0740. The van der Waals surface area contributed by atoms with Crippen LogP contribution in [0.1, 0.15) is 57.9 Å². The summed E-state index contributed by atoms with van der Waals surface area (Å²) in [6.07, 6.45) is 5.59. The number of hydrogen-bond acceptors (Lipinski definition) is 8. The molecule has 0 aliphatic carbocycles. The van der Waals surface area contributed by atoms with Gasteiger partial charge in [-0.3, -0.25) is 14.4 Å². The molecule has 5 amide bonds. The van der Waals surface area contributed by atoms with Crippen molar-refractivity contribution in [2.75, 3.05) is 30.1 Å². The average Bonchev–Trinajstić information content (AvgIpc) is 2.96. The van der Waals surface area contributed by atoms with E-state index in [1.165, 1.54) is 0 Å². The third-order valence-corrected chi connectivity index (χ3v) is 8.63. The number of carbonyl (C=O) groups is 5. The van der Waals surface area contributed by atoms with Gasteiger partial charge in [0.1, 0.15) is 18.7 Å². The molecule has 0 aliphatic heterocycles. The van der Waals surface area contributed by atoms with Gasteiger partial charge in [0.15, 0.2) is 9.84 Å². The minimum absolute atomic E-state index is 0.0357. The van der Waals surface area contributed by atoms with Crippen LogP contribution in [-0.2, 0) is 35.6 Å². The second-order valence-corrected chi connectivity index (χ2v) is 15.0. The molecule has 44 heavy (non-hydrogen) atoms. The van der Waals surface area contributed by atoms with Crippen molar-refractivity contribution >= 4 is 55.5 Å². The Balaban J connectivity index is 2.83. The third-order valence-electron chi connectivity index (χ3n) is 6.40. The number of urea groups is 1. The normalized spacial score (nSPS) is 12.8. The largest absolute Gasteiger partial charge is 0.454 e. The molecule has 15 heteroatoms. The molecule has 0 fully saturated rings. The average molecular weight is 658 g/mol. The zero-order valence-electron chi connectivity index (χ0n) is 25.9. The Morgan fingerprint density at radius 2 is 1.64 bits per heavy atom. The van der Waals surface area contributed by atoms with E-state index in [2.05, 4.69) is 27.8 Å². The molecule has 13 nitrogen and oxygen atoms in total. The van der Waals surface area contributed by atoms with Gasteiger partial charge in [0.2, 0.25) is 17.7 Å². The molecule has 0 spiro atoms. The molecule has 248 valence electrons. The number of hydrogen-bond donors (Lipinski definition) is 6. The van der Waals surface area contributed by atoms with Crippen molar-refractivity contribution in [2.45, 2.75) is 71.1 Å². The maximum atomic E-state index is 13.3. The van der Waals surface area contributed by atoms with Gasteiger partial charge in [0.05, 0.1) is 5.75 Å². The van der Waals surface area contributed by atoms with Crippen LogP contribution in [0.5, 0.6) is 0 Å². The molecular formula is C29H47N5O8S2. The number of unbranched alkanes of at least 4 members (excludes halogenated alkanes) is 2. The van der Waals surface area contributed by atoms with Crippen LogP contribution < -0.4 is 27.0 Å². The molecule has 0 aromatic heterocycles. The van der Waals surface area contributed by atoms with Crippen molar-refractivity contribution in [1.82, 2.24) is 16.0 Å². The van der Waals surface area contributed by atoms with Crippen molar-refractivity contribution in [1.29, 1.82) is 0 Å². The lowest BCUT2D eigenvalue weighted by atomic mass is 10.0. The maximum absolute atomic E-state index is 13.3. The number of nitrogens with one attached hydrogen (secondary N) is 4. The summed E-state index contributed by atoms with van der Waals surface area (Å²) in [5.41, 5.74) is 6.32. The lowest BCUT2D eigenvalue weighted by Gasteiger charge is -2.25. The van der Waals surface area contributed by atoms with Crippen LogP contribution >= 0.6 is 10.9 Å². The fourth-order valence-corrected chi connectivity index (χ4v) is 4.96. The lowest BCUT2D eigenvalue weighted by Crippen LogP contribution is -2.54. The molecule has 0 radical (unpaired) electrons. The van der Waals surface area contributed by atoms with E-state index in [-0.39, 0.29) is 48.9 Å². The van der Waals surface area contributed by atoms with Crippen molar-refractivity contribution in [3.63, 3.8) is 0 Å². The van der Waals surface area contributed by atoms with E-state index >= 15 is 0 Å². The van der Waals surface area contributed by atoms with Gasteiger partial charge in [0.25, 0.3) is 0 Å². The number of rotatable bonds is 19. The van der Waals surface area contributed by atoms with E-state index in [1.54, 1.807) is 50.6 Å². The first-order valence-corrected chi connectivity index (χ1v) is 18.3. The van der Waals surface area contributed by atoms with Crippen molar-refractivity contribution < 1.29 is 37.1 Å². The smallest absolute Gasteiger partial charge is 0.346 e. The molecule has 1 aromatic carbocycles. The second-order valence-electron chi connectivity index (χ2n) is 10.8. The van der Waals surface area contributed by atoms with E-state index in [1.807, 2.05) is 0 Å². The third kappa shape index (κ3) is 15.8. The molecule has 0 saturated heterocycles. The number of sulfone groups is 1. The molecule has 2 atom stereocenters. The monoisotopic (exact) mass is 657 g/mol. The Morgan fingerprint density at radius 1 is 0.977 bits per heavy atom. The number of amides is 5. The Hall–Kier alpha value is -3.59. The highest BCUT2D eigenvalue weighted by molar-refractivity contribution is 8.28. The minimum Gasteiger partial charge on any atom is -0.454 e.